The van der Waals surface area contributed by atoms with E-state index in [1.165, 1.54) is 0 Å². The van der Waals surface area contributed by atoms with Gasteiger partial charge in [0, 0.05) is 170 Å². The zero-order chi connectivity index (χ0) is 75.1. The number of aliphatic hydroxyl groups excluding tert-OH is 6. The van der Waals surface area contributed by atoms with E-state index in [4.69, 9.17) is 63.4 Å². The van der Waals surface area contributed by atoms with E-state index in [-0.39, 0.29) is 106 Å². The molecule has 103 heavy (non-hydrogen) atoms. The van der Waals surface area contributed by atoms with Crippen molar-refractivity contribution in [2.75, 3.05) is 56.9 Å². The fourth-order valence-electron chi connectivity index (χ4n) is 8.75. The molecule has 6 unspecified atom stereocenters. The van der Waals surface area contributed by atoms with Crippen LogP contribution in [0, 0.1) is 85.1 Å². The Labute approximate surface area is 660 Å². The number of hydrogen-bond acceptors (Lipinski definition) is 22. The van der Waals surface area contributed by atoms with E-state index >= 15 is 0 Å². The van der Waals surface area contributed by atoms with Crippen LogP contribution in [0.1, 0.15) is 113 Å². The molecule has 0 fully saturated rings. The van der Waals surface area contributed by atoms with E-state index < -0.39 is 30.2 Å². The molecular formula is C74H99F3Ir3N8O14Pt-4. The number of nitrogens with zero attached hydrogens (tertiary/aromatic N) is 8. The Morgan fingerprint density at radius 3 is 0.854 bits per heavy atom. The smallest absolute Gasteiger partial charge is 0.414 e. The minimum absolute atomic E-state index is 0. The summed E-state index contributed by atoms with van der Waals surface area (Å²) in [5.74, 6) is 5.26. The van der Waals surface area contributed by atoms with Gasteiger partial charge in [-0.3, -0.25) is 19.9 Å². The molecular weight excluding hydrogens is 2050 g/mol. The molecule has 0 spiro atoms. The van der Waals surface area contributed by atoms with Crippen LogP contribution in [0.25, 0.3) is 45.0 Å². The largest absolute Gasteiger partial charge is 0.536 e. The molecule has 4 aromatic heterocycles. The van der Waals surface area contributed by atoms with Gasteiger partial charge in [0.1, 0.15) is 0 Å². The second kappa shape index (κ2) is 50.3. The number of rotatable bonds is 18. The number of alkyl halides is 3. The zero-order valence-corrected chi connectivity index (χ0v) is 71.9. The van der Waals surface area contributed by atoms with Crippen molar-refractivity contribution in [3.05, 3.63) is 143 Å². The number of hydrogen-bond donors (Lipinski definition) is 6. The minimum atomic E-state index is -4.65. The van der Waals surface area contributed by atoms with Gasteiger partial charge in [-0.05, 0) is 101 Å². The van der Waals surface area contributed by atoms with E-state index in [2.05, 4.69) is 64.1 Å². The summed E-state index contributed by atoms with van der Waals surface area (Å²) in [4.78, 5) is 35.1. The molecule has 0 aliphatic carbocycles. The Bertz CT molecular complexity index is 3440. The molecule has 8 aromatic rings. The van der Waals surface area contributed by atoms with Gasteiger partial charge in [-0.2, -0.15) is 13.2 Å². The van der Waals surface area contributed by atoms with Crippen LogP contribution in [0.15, 0.2) is 73.3 Å². The van der Waals surface area contributed by atoms with Crippen LogP contribution < -0.4 is 37.9 Å². The predicted octanol–water partition coefficient (Wildman–Crippen LogP) is 12.3. The van der Waals surface area contributed by atoms with Gasteiger partial charge in [0.15, 0.2) is 6.10 Å². The van der Waals surface area contributed by atoms with Crippen LogP contribution in [-0.4, -0.2) is 170 Å². The van der Waals surface area contributed by atoms with Crippen molar-refractivity contribution in [2.24, 2.45) is 5.41 Å². The summed E-state index contributed by atoms with van der Waals surface area (Å²) in [6.45, 7) is 26.9. The van der Waals surface area contributed by atoms with Gasteiger partial charge in [0.25, 0.3) is 0 Å². The van der Waals surface area contributed by atoms with Gasteiger partial charge in [0.05, 0.1) is 145 Å². The summed E-state index contributed by atoms with van der Waals surface area (Å²) in [6.07, 6.45) is -2.51. The molecule has 0 bridgehead atoms. The van der Waals surface area contributed by atoms with Crippen LogP contribution in [0.3, 0.4) is 0 Å². The number of ether oxygens (including phenoxy) is 8. The monoisotopic (exact) mass is 2150 g/mol. The Balaban J connectivity index is -0.00000115. The van der Waals surface area contributed by atoms with Crippen LogP contribution in [0.4, 0.5) is 13.2 Å². The zero-order valence-electron chi connectivity index (χ0n) is 62.5. The molecule has 4 heterocycles. The molecule has 4 aromatic carbocycles. The third-order valence-electron chi connectivity index (χ3n) is 13.7. The van der Waals surface area contributed by atoms with E-state index in [9.17, 15) is 18.3 Å². The number of aliphatic hydroxyl groups is 6. The Morgan fingerprint density at radius 1 is 0.379 bits per heavy atom. The Morgan fingerprint density at radius 2 is 0.650 bits per heavy atom. The average Bonchev–Trinajstić information content (AvgIpc) is 0.840. The van der Waals surface area contributed by atoms with Crippen molar-refractivity contribution >= 4 is 0 Å². The topological polar surface area (TPSA) is 298 Å². The molecule has 581 valence electrons. The first kappa shape index (κ1) is 101. The van der Waals surface area contributed by atoms with Crippen molar-refractivity contribution in [3.8, 4) is 91.0 Å². The number of benzene rings is 4. The maximum Gasteiger partial charge on any atom is 0.414 e. The molecule has 3 radical (unpaired) electrons. The van der Waals surface area contributed by atoms with E-state index in [0.717, 1.165) is 90.6 Å². The summed E-state index contributed by atoms with van der Waals surface area (Å²) in [5.41, 5.74) is 13.0. The molecule has 6 atom stereocenters. The fraction of sp³-hybridized carbons (Fsp3) is 0.459. The number of aryl methyl sites for hydroxylation is 8. The van der Waals surface area contributed by atoms with E-state index in [1.807, 2.05) is 79.7 Å². The number of aromatic nitrogens is 8. The summed E-state index contributed by atoms with van der Waals surface area (Å²) >= 11 is 0. The van der Waals surface area contributed by atoms with Crippen LogP contribution >= 0.6 is 0 Å². The van der Waals surface area contributed by atoms with Gasteiger partial charge in [-0.1, -0.05) is 51.1 Å². The van der Waals surface area contributed by atoms with Gasteiger partial charge in [0.2, 0.25) is 0 Å². The molecule has 0 saturated carbocycles. The SMILES string of the molecule is CC(C)(C)C(O)CC(O)C(F)(F)F.CC(O)CC(C)O.CC(O)CC(C)O.COc1[c-]c(-c2ncc(C)nc2C)cc(OC)c1.COc1c[c-]c(-c2ncc(C)nc2C)cc1OC.COc1c[c-]c(-c2ncc(C)nc2C)cc1OC.COc1c[c-]c(-c2ncc(C)nc2C)cc1OC.[Ir].[Ir].[Ir].[Pt]. The van der Waals surface area contributed by atoms with Gasteiger partial charge in [-0.25, -0.2) is 0 Å². The quantitative estimate of drug-likeness (QED) is 0.0435. The standard InChI is InChI=1S/4C14H15N2O2.C8H15F3O2.2C5H12O2.3Ir.Pt/c1-9-8-15-14(10(2)16-9)11-5-12(17-3)7-13(6-11)18-4;3*1-9-8-15-14(10(2)16-9)11-5-6-12(17-3)13(7-11)18-4;1-7(2,3)5(12)4-6(13)8(9,10)11;2*1-4(6)3-5(2)7;;;;/h5,7-8H,1-4H3;3*6-8H,1-4H3;5-6,12-13H,4H2,1-3H3;2*4-7H,3H2,1-2H3;;;;/q4*-1;;;;;;;. The molecule has 8 rings (SSSR count). The molecule has 0 amide bonds. The first-order chi connectivity index (χ1) is 46.4. The first-order valence-electron chi connectivity index (χ1n) is 31.3. The third-order valence-corrected chi connectivity index (χ3v) is 13.7. The van der Waals surface area contributed by atoms with Gasteiger partial charge in [-0.15, -0.1) is 64.7 Å². The van der Waals surface area contributed by atoms with Crippen molar-refractivity contribution in [1.82, 2.24) is 39.9 Å². The normalized spacial score (nSPS) is 12.0. The second-order valence-corrected chi connectivity index (χ2v) is 23.8. The maximum atomic E-state index is 11.8. The van der Waals surface area contributed by atoms with Crippen LogP contribution in [-0.2, 0) is 81.4 Å². The van der Waals surface area contributed by atoms with Crippen molar-refractivity contribution < 1.29 is 163 Å². The average molecular weight is 2150 g/mol. The Kier molecular flexibility index (Phi) is 49.3. The summed E-state index contributed by atoms with van der Waals surface area (Å²) < 4.78 is 77.3. The van der Waals surface area contributed by atoms with Crippen molar-refractivity contribution in [3.63, 3.8) is 0 Å². The van der Waals surface area contributed by atoms with Gasteiger partial charge >= 0.3 is 6.18 Å². The molecule has 6 N–H and O–H groups in total. The van der Waals surface area contributed by atoms with Crippen molar-refractivity contribution in [1.29, 1.82) is 0 Å². The summed E-state index contributed by atoms with van der Waals surface area (Å²) in [5, 5.41) is 52.1. The number of halogens is 3. The van der Waals surface area contributed by atoms with Crippen LogP contribution in [0.2, 0.25) is 0 Å². The molecule has 22 nitrogen and oxygen atoms in total. The third kappa shape index (κ3) is 36.1. The Hall–Kier alpha value is -6.21. The molecule has 0 aliphatic heterocycles. The molecule has 0 aliphatic rings. The fourth-order valence-corrected chi connectivity index (χ4v) is 8.75. The minimum Gasteiger partial charge on any atom is -0.536 e. The molecule has 0 saturated heterocycles. The second-order valence-electron chi connectivity index (χ2n) is 23.8. The summed E-state index contributed by atoms with van der Waals surface area (Å²) in [7, 11) is 12.8. The van der Waals surface area contributed by atoms with Crippen molar-refractivity contribution in [2.45, 2.75) is 166 Å². The number of methoxy groups -OCH3 is 8. The first-order valence-corrected chi connectivity index (χ1v) is 31.3. The maximum absolute atomic E-state index is 11.8. The van der Waals surface area contributed by atoms with Gasteiger partial charge < -0.3 is 88.5 Å². The van der Waals surface area contributed by atoms with E-state index in [0.29, 0.717) is 58.8 Å². The van der Waals surface area contributed by atoms with E-state index in [1.54, 1.807) is 154 Å². The predicted molar refractivity (Wildman–Crippen MR) is 374 cm³/mol. The summed E-state index contributed by atoms with van der Waals surface area (Å²) in [6, 6.07) is 27.0. The molecule has 29 heteroatoms. The van der Waals surface area contributed by atoms with Crippen LogP contribution in [0.5, 0.6) is 46.0 Å².